The van der Waals surface area contributed by atoms with Gasteiger partial charge in [0, 0.05) is 19.8 Å². The van der Waals surface area contributed by atoms with Crippen molar-refractivity contribution in [3.05, 3.63) is 18.2 Å². The van der Waals surface area contributed by atoms with E-state index in [1.54, 1.807) is 0 Å². The third-order valence-corrected chi connectivity index (χ3v) is 5.73. The second-order valence-corrected chi connectivity index (χ2v) is 7.63. The van der Waals surface area contributed by atoms with E-state index in [-0.39, 0.29) is 18.6 Å². The van der Waals surface area contributed by atoms with Crippen LogP contribution in [0.2, 0.25) is 0 Å². The lowest BCUT2D eigenvalue weighted by Crippen LogP contribution is -2.43. The van der Waals surface area contributed by atoms with Gasteiger partial charge in [0.05, 0.1) is 24.2 Å². The van der Waals surface area contributed by atoms with Gasteiger partial charge in [-0.3, -0.25) is 9.69 Å². The molecule has 0 radical (unpaired) electrons. The van der Waals surface area contributed by atoms with E-state index in [1.165, 1.54) is 31.4 Å². The first-order chi connectivity index (χ1) is 12.1. The van der Waals surface area contributed by atoms with Crippen LogP contribution in [-0.4, -0.2) is 53.2 Å². The number of carbonyl (C=O) groups excluding carboxylic acids is 1. The molecule has 0 unspecified atom stereocenters. The molecule has 0 spiro atoms. The van der Waals surface area contributed by atoms with Crippen LogP contribution in [0.15, 0.2) is 12.5 Å². The second-order valence-electron chi connectivity index (χ2n) is 7.63. The monoisotopic (exact) mass is 348 g/mol. The highest BCUT2D eigenvalue weighted by molar-refractivity contribution is 5.77. The van der Waals surface area contributed by atoms with Gasteiger partial charge in [-0.15, -0.1) is 0 Å². The summed E-state index contributed by atoms with van der Waals surface area (Å²) in [5, 5.41) is 3.10. The van der Waals surface area contributed by atoms with E-state index in [2.05, 4.69) is 26.8 Å². The van der Waals surface area contributed by atoms with Gasteiger partial charge in [-0.2, -0.15) is 0 Å². The fourth-order valence-electron chi connectivity index (χ4n) is 4.31. The van der Waals surface area contributed by atoms with Crippen molar-refractivity contribution < 1.29 is 9.53 Å². The van der Waals surface area contributed by atoms with E-state index in [9.17, 15) is 4.79 Å². The molecule has 25 heavy (non-hydrogen) atoms. The zero-order chi connectivity index (χ0) is 17.6. The Hall–Kier alpha value is -1.40. The number of likely N-dealkylation sites (tertiary alicyclic amines) is 1. The maximum absolute atomic E-state index is 12.2. The Kier molecular flexibility index (Phi) is 6.48. The molecule has 2 aliphatic rings. The van der Waals surface area contributed by atoms with Crippen LogP contribution >= 0.6 is 0 Å². The summed E-state index contributed by atoms with van der Waals surface area (Å²) in [4.78, 5) is 18.9. The van der Waals surface area contributed by atoms with Crippen LogP contribution in [0.5, 0.6) is 0 Å². The van der Waals surface area contributed by atoms with Crippen LogP contribution < -0.4 is 5.32 Å². The molecule has 3 rings (SSSR count). The van der Waals surface area contributed by atoms with Gasteiger partial charge in [-0.05, 0) is 45.2 Å². The van der Waals surface area contributed by atoms with E-state index in [1.807, 2.05) is 19.6 Å². The average molecular weight is 348 g/mol. The second kappa shape index (κ2) is 8.81. The van der Waals surface area contributed by atoms with Crippen molar-refractivity contribution in [3.8, 4) is 0 Å². The number of carbonyl (C=O) groups is 1. The topological polar surface area (TPSA) is 59.4 Å². The summed E-state index contributed by atoms with van der Waals surface area (Å²) in [6.07, 6.45) is 12.3. The van der Waals surface area contributed by atoms with Crippen molar-refractivity contribution >= 4 is 5.91 Å². The van der Waals surface area contributed by atoms with Crippen LogP contribution in [0.3, 0.4) is 0 Å². The highest BCUT2D eigenvalue weighted by Crippen LogP contribution is 2.34. The van der Waals surface area contributed by atoms with Crippen molar-refractivity contribution in [3.63, 3.8) is 0 Å². The highest BCUT2D eigenvalue weighted by atomic mass is 16.5. The molecule has 1 N–H and O–H groups in total. The average Bonchev–Trinajstić information content (AvgIpc) is 3.04. The first kappa shape index (κ1) is 18.4. The largest absolute Gasteiger partial charge is 0.368 e. The number of nitrogens with zero attached hydrogens (tertiary/aromatic N) is 3. The number of nitrogens with one attached hydrogen (secondary N) is 1. The molecular weight excluding hydrogens is 316 g/mol. The molecule has 1 amide bonds. The van der Waals surface area contributed by atoms with Crippen LogP contribution in [0, 0.1) is 5.92 Å². The molecule has 1 saturated carbocycles. The van der Waals surface area contributed by atoms with Crippen molar-refractivity contribution in [1.29, 1.82) is 0 Å². The number of hydrogen-bond acceptors (Lipinski definition) is 4. The Labute approximate surface area is 150 Å². The van der Waals surface area contributed by atoms with Gasteiger partial charge < -0.3 is 14.6 Å². The van der Waals surface area contributed by atoms with E-state index in [4.69, 9.17) is 4.74 Å². The minimum atomic E-state index is 0.0163. The number of amides is 1. The zero-order valence-electron chi connectivity index (χ0n) is 15.6. The van der Waals surface area contributed by atoms with Crippen molar-refractivity contribution in [1.82, 2.24) is 19.8 Å². The predicted octanol–water partition coefficient (Wildman–Crippen LogP) is 2.27. The Morgan fingerprint density at radius 3 is 2.76 bits per heavy atom. The van der Waals surface area contributed by atoms with Gasteiger partial charge >= 0.3 is 0 Å². The molecule has 1 aliphatic carbocycles. The van der Waals surface area contributed by atoms with Crippen molar-refractivity contribution in [2.24, 2.45) is 13.0 Å². The third kappa shape index (κ3) is 4.82. The smallest absolute Gasteiger partial charge is 0.246 e. The summed E-state index contributed by atoms with van der Waals surface area (Å²) in [6.45, 7) is 1.99. The Bertz CT molecular complexity index is 553. The number of ether oxygens (including phenoxy) is 1. The Morgan fingerprint density at radius 1 is 1.24 bits per heavy atom. The summed E-state index contributed by atoms with van der Waals surface area (Å²) in [5.74, 6) is 0.426. The minimum absolute atomic E-state index is 0.0163. The van der Waals surface area contributed by atoms with Crippen LogP contribution in [0.25, 0.3) is 0 Å². The van der Waals surface area contributed by atoms with Crippen LogP contribution in [0.1, 0.15) is 56.7 Å². The van der Waals surface area contributed by atoms with E-state index < -0.39 is 0 Å². The van der Waals surface area contributed by atoms with E-state index >= 15 is 0 Å². The van der Waals surface area contributed by atoms with Gasteiger partial charge in [-0.1, -0.05) is 19.3 Å². The normalized spacial score (nSPS) is 25.8. The molecule has 1 aromatic rings. The standard InChI is InChI=1S/C19H32N4O2/c1-22-10-6-7-15(19(22)17-12-20-14-23(17)2)11-21-18(24)13-25-16-8-4-3-5-9-16/h12,14-16,19H,3-11,13H2,1-2H3,(H,21,24)/t15-,19+/m0/s1. The Balaban J connectivity index is 1.50. The Morgan fingerprint density at radius 2 is 2.04 bits per heavy atom. The minimum Gasteiger partial charge on any atom is -0.368 e. The van der Waals surface area contributed by atoms with Crippen molar-refractivity contribution in [2.75, 3.05) is 26.7 Å². The lowest BCUT2D eigenvalue weighted by molar-refractivity contribution is -0.128. The summed E-state index contributed by atoms with van der Waals surface area (Å²) in [6, 6.07) is 0.306. The molecule has 140 valence electrons. The predicted molar refractivity (Wildman–Crippen MR) is 97.1 cm³/mol. The summed E-state index contributed by atoms with van der Waals surface area (Å²) >= 11 is 0. The quantitative estimate of drug-likeness (QED) is 0.857. The summed E-state index contributed by atoms with van der Waals surface area (Å²) < 4.78 is 7.88. The summed E-state index contributed by atoms with van der Waals surface area (Å²) in [5.41, 5.74) is 1.22. The molecule has 1 saturated heterocycles. The molecule has 0 bridgehead atoms. The van der Waals surface area contributed by atoms with Crippen LogP contribution in [0.4, 0.5) is 0 Å². The van der Waals surface area contributed by atoms with E-state index in [0.717, 1.165) is 25.8 Å². The third-order valence-electron chi connectivity index (χ3n) is 5.73. The molecule has 2 atom stereocenters. The lowest BCUT2D eigenvalue weighted by atomic mass is 9.87. The van der Waals surface area contributed by atoms with Gasteiger partial charge in [0.1, 0.15) is 6.61 Å². The number of aryl methyl sites for hydroxylation is 1. The number of imidazole rings is 1. The molecule has 0 aromatic carbocycles. The number of hydrogen-bond donors (Lipinski definition) is 1. The molecule has 1 aliphatic heterocycles. The number of aromatic nitrogens is 2. The first-order valence-electron chi connectivity index (χ1n) is 9.70. The molecule has 6 heteroatoms. The molecule has 6 nitrogen and oxygen atoms in total. The molecule has 2 fully saturated rings. The lowest BCUT2D eigenvalue weighted by Gasteiger charge is -2.39. The van der Waals surface area contributed by atoms with E-state index in [0.29, 0.717) is 18.5 Å². The first-order valence-corrected chi connectivity index (χ1v) is 9.70. The molecule has 2 heterocycles. The summed E-state index contributed by atoms with van der Waals surface area (Å²) in [7, 11) is 4.20. The molecular formula is C19H32N4O2. The maximum Gasteiger partial charge on any atom is 0.246 e. The van der Waals surface area contributed by atoms with Gasteiger partial charge in [0.15, 0.2) is 0 Å². The van der Waals surface area contributed by atoms with Crippen LogP contribution in [-0.2, 0) is 16.6 Å². The maximum atomic E-state index is 12.2. The number of rotatable bonds is 6. The SMILES string of the molecule is CN1CCC[C@@H](CNC(=O)COC2CCCCC2)[C@@H]1c1cncn1C. The molecule has 1 aromatic heterocycles. The van der Waals surface area contributed by atoms with Gasteiger partial charge in [-0.25, -0.2) is 4.98 Å². The zero-order valence-corrected chi connectivity index (χ0v) is 15.6. The fraction of sp³-hybridized carbons (Fsp3) is 0.789. The van der Waals surface area contributed by atoms with Crippen molar-refractivity contribution in [2.45, 2.75) is 57.1 Å². The van der Waals surface area contributed by atoms with Gasteiger partial charge in [0.2, 0.25) is 5.91 Å². The fourth-order valence-corrected chi connectivity index (χ4v) is 4.31. The highest BCUT2D eigenvalue weighted by Gasteiger charge is 2.32. The van der Waals surface area contributed by atoms with Gasteiger partial charge in [0.25, 0.3) is 0 Å². The number of piperidine rings is 1.